The van der Waals surface area contributed by atoms with Crippen molar-refractivity contribution in [3.8, 4) is 0 Å². The quantitative estimate of drug-likeness (QED) is 0.549. The molecule has 8 nitrogen and oxygen atoms in total. The van der Waals surface area contributed by atoms with Crippen LogP contribution in [-0.2, 0) is 29.0 Å². The number of amides is 1. The molecule has 0 spiro atoms. The van der Waals surface area contributed by atoms with Gasteiger partial charge >= 0.3 is 0 Å². The zero-order chi connectivity index (χ0) is 22.7. The summed E-state index contributed by atoms with van der Waals surface area (Å²) in [6.45, 7) is 10.1. The van der Waals surface area contributed by atoms with Gasteiger partial charge in [-0.25, -0.2) is 9.50 Å². The Morgan fingerprint density at radius 3 is 2.88 bits per heavy atom. The number of morpholine rings is 1. The first-order valence-corrected chi connectivity index (χ1v) is 12.1. The van der Waals surface area contributed by atoms with E-state index in [0.29, 0.717) is 17.5 Å². The smallest absolute Gasteiger partial charge is 0.253 e. The van der Waals surface area contributed by atoms with E-state index in [4.69, 9.17) is 4.74 Å². The molecule has 1 aromatic carbocycles. The minimum atomic E-state index is -0.0324. The summed E-state index contributed by atoms with van der Waals surface area (Å²) in [6.07, 6.45) is 2.47. The molecule has 4 rings (SSSR count). The van der Waals surface area contributed by atoms with Crippen LogP contribution >= 0.6 is 11.8 Å². The number of carbonyl (C=O) groups excluding carboxylic acids is 1. The molecular formula is C23H30N6O2S. The predicted octanol–water partition coefficient (Wildman–Crippen LogP) is 2.54. The summed E-state index contributed by atoms with van der Waals surface area (Å²) >= 11 is 1.48. The molecule has 1 unspecified atom stereocenters. The van der Waals surface area contributed by atoms with Crippen LogP contribution in [0.15, 0.2) is 29.4 Å². The van der Waals surface area contributed by atoms with E-state index in [2.05, 4.69) is 56.5 Å². The van der Waals surface area contributed by atoms with Crippen molar-refractivity contribution in [2.24, 2.45) is 0 Å². The van der Waals surface area contributed by atoms with Crippen LogP contribution in [0.1, 0.15) is 35.0 Å². The number of benzene rings is 1. The number of hydrogen-bond donors (Lipinski definition) is 1. The second-order valence-electron chi connectivity index (χ2n) is 8.26. The van der Waals surface area contributed by atoms with Gasteiger partial charge in [0.1, 0.15) is 0 Å². The van der Waals surface area contributed by atoms with Gasteiger partial charge in [-0.2, -0.15) is 4.98 Å². The van der Waals surface area contributed by atoms with Gasteiger partial charge in [-0.3, -0.25) is 9.69 Å². The summed E-state index contributed by atoms with van der Waals surface area (Å²) < 4.78 is 7.35. The molecule has 0 aliphatic carbocycles. The number of hydrogen-bond acceptors (Lipinski definition) is 7. The molecule has 32 heavy (non-hydrogen) atoms. The van der Waals surface area contributed by atoms with E-state index in [9.17, 15) is 4.79 Å². The van der Waals surface area contributed by atoms with Crippen molar-refractivity contribution in [2.75, 3.05) is 26.0 Å². The lowest BCUT2D eigenvalue weighted by atomic mass is 10.1. The molecule has 3 aromatic rings. The van der Waals surface area contributed by atoms with Crippen LogP contribution in [0.2, 0.25) is 0 Å². The predicted molar refractivity (Wildman–Crippen MR) is 125 cm³/mol. The van der Waals surface area contributed by atoms with E-state index < -0.39 is 0 Å². The number of nitrogens with one attached hydrogen (secondary N) is 1. The number of ether oxygens (including phenoxy) is 1. The van der Waals surface area contributed by atoms with E-state index in [1.54, 1.807) is 4.52 Å². The molecule has 0 radical (unpaired) electrons. The topological polar surface area (TPSA) is 84.7 Å². The fourth-order valence-corrected chi connectivity index (χ4v) is 4.42. The third-order valence-corrected chi connectivity index (χ3v) is 6.30. The van der Waals surface area contributed by atoms with Crippen LogP contribution in [-0.4, -0.2) is 62.4 Å². The Bertz CT molecular complexity index is 1120. The van der Waals surface area contributed by atoms with Gasteiger partial charge in [-0.05, 0) is 38.2 Å². The average Bonchev–Trinajstić information content (AvgIpc) is 3.19. The number of carbonyl (C=O) groups is 1. The van der Waals surface area contributed by atoms with Crippen LogP contribution in [0, 0.1) is 13.8 Å². The number of aromatic nitrogens is 4. The number of thioether (sulfide) groups is 1. The number of nitrogens with zero attached hydrogens (tertiary/aromatic N) is 5. The first kappa shape index (κ1) is 22.7. The summed E-state index contributed by atoms with van der Waals surface area (Å²) in [5.41, 5.74) is 4.95. The largest absolute Gasteiger partial charge is 0.376 e. The van der Waals surface area contributed by atoms with Gasteiger partial charge in [0, 0.05) is 43.1 Å². The number of fused-ring (bicyclic) bond motifs is 1. The third-order valence-electron chi connectivity index (χ3n) is 5.76. The summed E-state index contributed by atoms with van der Waals surface area (Å²) in [4.78, 5) is 24.1. The monoisotopic (exact) mass is 454 g/mol. The fourth-order valence-electron chi connectivity index (χ4n) is 4.09. The Hall–Kier alpha value is -2.49. The zero-order valence-electron chi connectivity index (χ0n) is 19.1. The molecule has 1 N–H and O–H groups in total. The molecule has 1 atom stereocenters. The maximum Gasteiger partial charge on any atom is 0.253 e. The minimum Gasteiger partial charge on any atom is -0.376 e. The SMILES string of the molecule is CSc1nc2nc(C)c(CC(=O)NCc3cccc(CN4CCOC(C)C4)c3)c(C)n2n1. The Balaban J connectivity index is 1.38. The molecule has 1 amide bonds. The van der Waals surface area contributed by atoms with Gasteiger partial charge in [-0.15, -0.1) is 5.10 Å². The standard InChI is InChI=1S/C23H30N6O2S/c1-15-13-28(8-9-31-15)14-19-7-5-6-18(10-19)12-24-21(30)11-20-16(2)25-22-26-23(32-4)27-29(22)17(20)3/h5-7,10,15H,8-9,11-14H2,1-4H3,(H,24,30). The molecule has 1 fully saturated rings. The molecule has 1 saturated heterocycles. The van der Waals surface area contributed by atoms with Crippen LogP contribution < -0.4 is 5.32 Å². The maximum absolute atomic E-state index is 12.7. The van der Waals surface area contributed by atoms with E-state index in [1.165, 1.54) is 17.3 Å². The molecule has 3 heterocycles. The van der Waals surface area contributed by atoms with Gasteiger partial charge in [0.2, 0.25) is 11.1 Å². The second kappa shape index (κ2) is 9.97. The normalized spacial score (nSPS) is 17.1. The number of rotatable bonds is 7. The van der Waals surface area contributed by atoms with Crippen molar-refractivity contribution < 1.29 is 9.53 Å². The van der Waals surface area contributed by atoms with Crippen molar-refractivity contribution >= 4 is 23.4 Å². The van der Waals surface area contributed by atoms with Gasteiger partial charge in [0.15, 0.2) is 0 Å². The summed E-state index contributed by atoms with van der Waals surface area (Å²) in [5, 5.41) is 8.19. The Morgan fingerprint density at radius 2 is 2.09 bits per heavy atom. The first-order chi connectivity index (χ1) is 15.4. The van der Waals surface area contributed by atoms with Crippen LogP contribution in [0.5, 0.6) is 0 Å². The maximum atomic E-state index is 12.7. The Kier molecular flexibility index (Phi) is 7.07. The first-order valence-electron chi connectivity index (χ1n) is 10.9. The highest BCUT2D eigenvalue weighted by Gasteiger charge is 2.17. The Morgan fingerprint density at radius 1 is 1.28 bits per heavy atom. The summed E-state index contributed by atoms with van der Waals surface area (Å²) in [5.74, 6) is 0.537. The fraction of sp³-hybridized carbons (Fsp3) is 0.478. The molecule has 2 aromatic heterocycles. The lowest BCUT2D eigenvalue weighted by Crippen LogP contribution is -2.40. The summed E-state index contributed by atoms with van der Waals surface area (Å²) in [6, 6.07) is 8.42. The van der Waals surface area contributed by atoms with Gasteiger partial charge in [0.05, 0.1) is 19.1 Å². The molecule has 0 bridgehead atoms. The van der Waals surface area contributed by atoms with Crippen molar-refractivity contribution in [3.05, 3.63) is 52.3 Å². The van der Waals surface area contributed by atoms with E-state index in [1.807, 2.05) is 20.1 Å². The van der Waals surface area contributed by atoms with Crippen molar-refractivity contribution in [2.45, 2.75) is 51.5 Å². The zero-order valence-corrected chi connectivity index (χ0v) is 19.9. The van der Waals surface area contributed by atoms with Gasteiger partial charge in [-0.1, -0.05) is 36.0 Å². The highest BCUT2D eigenvalue weighted by Crippen LogP contribution is 2.17. The lowest BCUT2D eigenvalue weighted by Gasteiger charge is -2.31. The van der Waals surface area contributed by atoms with Crippen LogP contribution in [0.25, 0.3) is 5.78 Å². The molecule has 0 saturated carbocycles. The Labute approximate surface area is 192 Å². The molecular weight excluding hydrogens is 424 g/mol. The van der Waals surface area contributed by atoms with E-state index >= 15 is 0 Å². The molecule has 9 heteroatoms. The third kappa shape index (κ3) is 5.28. The minimum absolute atomic E-state index is 0.0324. The molecule has 1 aliphatic heterocycles. The second-order valence-corrected chi connectivity index (χ2v) is 9.03. The van der Waals surface area contributed by atoms with Crippen LogP contribution in [0.4, 0.5) is 0 Å². The van der Waals surface area contributed by atoms with E-state index in [0.717, 1.165) is 48.8 Å². The van der Waals surface area contributed by atoms with Crippen LogP contribution in [0.3, 0.4) is 0 Å². The average molecular weight is 455 g/mol. The highest BCUT2D eigenvalue weighted by atomic mass is 32.2. The molecule has 170 valence electrons. The van der Waals surface area contributed by atoms with E-state index in [-0.39, 0.29) is 18.4 Å². The van der Waals surface area contributed by atoms with Crippen molar-refractivity contribution in [1.82, 2.24) is 29.8 Å². The highest BCUT2D eigenvalue weighted by molar-refractivity contribution is 7.98. The van der Waals surface area contributed by atoms with Gasteiger partial charge in [0.25, 0.3) is 5.78 Å². The van der Waals surface area contributed by atoms with Crippen molar-refractivity contribution in [1.29, 1.82) is 0 Å². The number of aryl methyl sites for hydroxylation is 2. The summed E-state index contributed by atoms with van der Waals surface area (Å²) in [7, 11) is 0. The lowest BCUT2D eigenvalue weighted by molar-refractivity contribution is -0.120. The van der Waals surface area contributed by atoms with Gasteiger partial charge < -0.3 is 10.1 Å². The van der Waals surface area contributed by atoms with Crippen molar-refractivity contribution in [3.63, 3.8) is 0 Å². The molecule has 1 aliphatic rings.